The van der Waals surface area contributed by atoms with Crippen molar-refractivity contribution in [3.05, 3.63) is 42.1 Å². The lowest BCUT2D eigenvalue weighted by Gasteiger charge is -1.97. The molecule has 2 rings (SSSR count). The third kappa shape index (κ3) is 3.33. The largest absolute Gasteiger partial charge is 0.459 e. The summed E-state index contributed by atoms with van der Waals surface area (Å²) in [7, 11) is 0. The molecule has 0 fully saturated rings. The molecule has 5 nitrogen and oxygen atoms in total. The average molecular weight is 264 g/mol. The van der Waals surface area contributed by atoms with Crippen molar-refractivity contribution in [1.82, 2.24) is 10.2 Å². The Balaban J connectivity index is 1.93. The highest BCUT2D eigenvalue weighted by Gasteiger charge is 2.15. The first-order chi connectivity index (χ1) is 8.79. The predicted octanol–water partition coefficient (Wildman–Crippen LogP) is 2.54. The molecule has 0 aliphatic carbocycles. The molecular formula is C12H12N2O3S. The van der Waals surface area contributed by atoms with Gasteiger partial charge < -0.3 is 9.15 Å². The van der Waals surface area contributed by atoms with E-state index >= 15 is 0 Å². The fraction of sp³-hybridized carbons (Fsp3) is 0.250. The molecule has 0 unspecified atom stereocenters. The summed E-state index contributed by atoms with van der Waals surface area (Å²) in [4.78, 5) is 12.4. The number of thioether (sulfide) groups is 1. The van der Waals surface area contributed by atoms with E-state index in [4.69, 9.17) is 9.15 Å². The molecule has 1 aromatic heterocycles. The zero-order valence-corrected chi connectivity index (χ0v) is 10.6. The smallest absolute Gasteiger partial charge is 0.396 e. The maximum atomic E-state index is 11.3. The number of aromatic nitrogens is 2. The van der Waals surface area contributed by atoms with E-state index in [0.29, 0.717) is 11.6 Å². The molecule has 0 radical (unpaired) electrons. The van der Waals surface area contributed by atoms with E-state index in [1.165, 1.54) is 0 Å². The molecule has 0 aliphatic heterocycles. The summed E-state index contributed by atoms with van der Waals surface area (Å²) in [5.74, 6) is 0.254. The molecule has 0 bridgehead atoms. The van der Waals surface area contributed by atoms with Gasteiger partial charge in [-0.05, 0) is 19.1 Å². The molecule has 0 spiro atoms. The lowest BCUT2D eigenvalue weighted by atomic mass is 10.4. The number of nitrogens with zero attached hydrogens (tertiary/aromatic N) is 2. The standard InChI is InChI=1S/C12H12N2O3S/c1-2-16-12(15)11-14-13-10(17-11)8-18-9-6-4-3-5-7-9/h3-7H,2,8H2,1H3. The van der Waals surface area contributed by atoms with E-state index in [1.807, 2.05) is 30.3 Å². The summed E-state index contributed by atoms with van der Waals surface area (Å²) in [5.41, 5.74) is 0. The van der Waals surface area contributed by atoms with Crippen molar-refractivity contribution >= 4 is 17.7 Å². The molecule has 0 saturated heterocycles. The summed E-state index contributed by atoms with van der Waals surface area (Å²) in [5, 5.41) is 7.44. The molecule has 6 heteroatoms. The van der Waals surface area contributed by atoms with E-state index in [1.54, 1.807) is 18.7 Å². The summed E-state index contributed by atoms with van der Waals surface area (Å²) in [6.45, 7) is 2.01. The van der Waals surface area contributed by atoms with E-state index < -0.39 is 5.97 Å². The molecule has 0 N–H and O–H groups in total. The third-order valence-corrected chi connectivity index (χ3v) is 3.02. The van der Waals surface area contributed by atoms with Crippen LogP contribution in [0.25, 0.3) is 0 Å². The van der Waals surface area contributed by atoms with Crippen LogP contribution in [0.5, 0.6) is 0 Å². The van der Waals surface area contributed by atoms with Crippen molar-refractivity contribution in [2.24, 2.45) is 0 Å². The van der Waals surface area contributed by atoms with Crippen molar-refractivity contribution < 1.29 is 13.9 Å². The number of rotatable bonds is 5. The van der Waals surface area contributed by atoms with Gasteiger partial charge in [-0.1, -0.05) is 18.2 Å². The number of carbonyl (C=O) groups is 1. The van der Waals surface area contributed by atoms with E-state index in [0.717, 1.165) is 4.90 Å². The number of carbonyl (C=O) groups excluding carboxylic acids is 1. The number of hydrogen-bond acceptors (Lipinski definition) is 6. The van der Waals surface area contributed by atoms with E-state index in [2.05, 4.69) is 10.2 Å². The van der Waals surface area contributed by atoms with Crippen molar-refractivity contribution in [3.63, 3.8) is 0 Å². The first kappa shape index (κ1) is 12.6. The summed E-state index contributed by atoms with van der Waals surface area (Å²) < 4.78 is 9.96. The second-order valence-corrected chi connectivity index (χ2v) is 4.37. The quantitative estimate of drug-likeness (QED) is 0.610. The van der Waals surface area contributed by atoms with Gasteiger partial charge in [-0.3, -0.25) is 0 Å². The molecule has 0 saturated carbocycles. The van der Waals surface area contributed by atoms with Gasteiger partial charge in [-0.15, -0.1) is 22.0 Å². The minimum Gasteiger partial charge on any atom is -0.459 e. The molecule has 0 atom stereocenters. The van der Waals surface area contributed by atoms with Crippen LogP contribution in [0.3, 0.4) is 0 Å². The van der Waals surface area contributed by atoms with Gasteiger partial charge in [0.2, 0.25) is 5.89 Å². The topological polar surface area (TPSA) is 65.2 Å². The van der Waals surface area contributed by atoms with E-state index in [9.17, 15) is 4.79 Å². The molecule has 18 heavy (non-hydrogen) atoms. The SMILES string of the molecule is CCOC(=O)c1nnc(CSc2ccccc2)o1. The fourth-order valence-corrected chi connectivity index (χ4v) is 2.01. The lowest BCUT2D eigenvalue weighted by Crippen LogP contribution is -2.04. The Morgan fingerprint density at radius 3 is 2.83 bits per heavy atom. The lowest BCUT2D eigenvalue weighted by molar-refractivity contribution is 0.0479. The Hall–Kier alpha value is -1.82. The molecule has 1 aromatic carbocycles. The van der Waals surface area contributed by atoms with Crippen LogP contribution in [-0.2, 0) is 10.5 Å². The summed E-state index contributed by atoms with van der Waals surface area (Å²) >= 11 is 1.56. The van der Waals surface area contributed by atoms with Gasteiger partial charge in [-0.25, -0.2) is 4.79 Å². The first-order valence-electron chi connectivity index (χ1n) is 5.47. The van der Waals surface area contributed by atoms with Crippen LogP contribution in [0.2, 0.25) is 0 Å². The zero-order valence-electron chi connectivity index (χ0n) is 9.83. The van der Waals surface area contributed by atoms with Crippen LogP contribution in [0, 0.1) is 0 Å². The zero-order chi connectivity index (χ0) is 12.8. The van der Waals surface area contributed by atoms with Gasteiger partial charge in [0, 0.05) is 4.90 Å². The Bertz CT molecular complexity index is 513. The molecule has 0 amide bonds. The third-order valence-electron chi connectivity index (χ3n) is 2.02. The van der Waals surface area contributed by atoms with Crippen molar-refractivity contribution in [2.45, 2.75) is 17.6 Å². The summed E-state index contributed by atoms with van der Waals surface area (Å²) in [6.07, 6.45) is 0. The highest BCUT2D eigenvalue weighted by Crippen LogP contribution is 2.21. The monoisotopic (exact) mass is 264 g/mol. The molecule has 2 aromatic rings. The molecule has 94 valence electrons. The Morgan fingerprint density at radius 1 is 1.33 bits per heavy atom. The van der Waals surface area contributed by atoms with Gasteiger partial charge in [0.1, 0.15) is 0 Å². The highest BCUT2D eigenvalue weighted by atomic mass is 32.2. The average Bonchev–Trinajstić information content (AvgIpc) is 2.87. The van der Waals surface area contributed by atoms with Crippen LogP contribution >= 0.6 is 11.8 Å². The number of benzene rings is 1. The van der Waals surface area contributed by atoms with Crippen molar-refractivity contribution in [2.75, 3.05) is 6.61 Å². The number of esters is 1. The molecule has 0 aliphatic rings. The van der Waals surface area contributed by atoms with Crippen LogP contribution in [-0.4, -0.2) is 22.8 Å². The normalized spacial score (nSPS) is 10.3. The Morgan fingerprint density at radius 2 is 2.11 bits per heavy atom. The van der Waals surface area contributed by atoms with Gasteiger partial charge in [0.15, 0.2) is 0 Å². The maximum Gasteiger partial charge on any atom is 0.396 e. The highest BCUT2D eigenvalue weighted by molar-refractivity contribution is 7.98. The number of hydrogen-bond donors (Lipinski definition) is 0. The van der Waals surface area contributed by atoms with Crippen LogP contribution in [0.1, 0.15) is 23.5 Å². The second kappa shape index (κ2) is 6.20. The molecule has 1 heterocycles. The van der Waals surface area contributed by atoms with E-state index in [-0.39, 0.29) is 12.5 Å². The first-order valence-corrected chi connectivity index (χ1v) is 6.45. The van der Waals surface area contributed by atoms with Crippen LogP contribution < -0.4 is 0 Å². The minimum absolute atomic E-state index is 0.0967. The predicted molar refractivity (Wildman–Crippen MR) is 66.3 cm³/mol. The maximum absolute atomic E-state index is 11.3. The van der Waals surface area contributed by atoms with Crippen molar-refractivity contribution in [1.29, 1.82) is 0 Å². The van der Waals surface area contributed by atoms with Gasteiger partial charge in [-0.2, -0.15) is 0 Å². The summed E-state index contributed by atoms with van der Waals surface area (Å²) in [6, 6.07) is 9.86. The van der Waals surface area contributed by atoms with Gasteiger partial charge in [0.25, 0.3) is 0 Å². The molecular weight excluding hydrogens is 252 g/mol. The fourth-order valence-electron chi connectivity index (χ4n) is 1.25. The minimum atomic E-state index is -0.582. The van der Waals surface area contributed by atoms with Crippen LogP contribution in [0.15, 0.2) is 39.6 Å². The Kier molecular flexibility index (Phi) is 4.35. The van der Waals surface area contributed by atoms with Gasteiger partial charge >= 0.3 is 11.9 Å². The van der Waals surface area contributed by atoms with Crippen LogP contribution in [0.4, 0.5) is 0 Å². The van der Waals surface area contributed by atoms with Crippen molar-refractivity contribution in [3.8, 4) is 0 Å². The second-order valence-electron chi connectivity index (χ2n) is 3.32. The van der Waals surface area contributed by atoms with Gasteiger partial charge in [0.05, 0.1) is 12.4 Å². The number of ether oxygens (including phenoxy) is 1. The Labute approximate surface area is 109 Å².